The molecule has 0 aliphatic rings. The van der Waals surface area contributed by atoms with Gasteiger partial charge in [-0.15, -0.1) is 0 Å². The summed E-state index contributed by atoms with van der Waals surface area (Å²) in [6.07, 6.45) is 0. The fraction of sp³-hybridized carbons (Fsp3) is 0.174. The van der Waals surface area contributed by atoms with Gasteiger partial charge in [0.05, 0.1) is 44.2 Å². The van der Waals surface area contributed by atoms with Gasteiger partial charge in [-0.05, 0) is 75.2 Å². The Bertz CT molecular complexity index is 1080. The number of hydrogen-bond acceptors (Lipinski definition) is 3. The van der Waals surface area contributed by atoms with Gasteiger partial charge in [0, 0.05) is 10.0 Å². The number of rotatable bonds is 4. The molecule has 0 amide bonds. The molecular weight excluding hydrogens is 587 g/mol. The second-order valence-electron chi connectivity index (χ2n) is 6.96. The average Bonchev–Trinajstić information content (AvgIpc) is 2.73. The van der Waals surface area contributed by atoms with Crippen molar-refractivity contribution in [3.05, 3.63) is 85.1 Å². The van der Waals surface area contributed by atoms with Crippen molar-refractivity contribution in [1.29, 1.82) is 0 Å². The van der Waals surface area contributed by atoms with E-state index in [0.29, 0.717) is 31.5 Å². The minimum absolute atomic E-state index is 0.194. The number of benzene rings is 2. The van der Waals surface area contributed by atoms with Gasteiger partial charge >= 0.3 is 33.3 Å². The summed E-state index contributed by atoms with van der Waals surface area (Å²) in [5, 5.41) is 2.16. The molecule has 2 aromatic carbocycles. The zero-order valence-electron chi connectivity index (χ0n) is 18.0. The zero-order valence-corrected chi connectivity index (χ0v) is 23.6. The number of aromatic nitrogens is 1. The maximum absolute atomic E-state index is 6.33. The van der Waals surface area contributed by atoms with Crippen LogP contribution in [0.3, 0.4) is 0 Å². The van der Waals surface area contributed by atoms with E-state index in [9.17, 15) is 0 Å². The van der Waals surface area contributed by atoms with Gasteiger partial charge in [0.2, 0.25) is 0 Å². The third kappa shape index (κ3) is 8.13. The Kier molecular flexibility index (Phi) is 11.5. The molecule has 0 atom stereocenters. The molecule has 3 aromatic rings. The first-order valence-corrected chi connectivity index (χ1v) is 14.0. The second-order valence-corrected chi connectivity index (χ2v) is 10.5. The van der Waals surface area contributed by atoms with E-state index < -0.39 is 0 Å². The maximum atomic E-state index is 6.33. The van der Waals surface area contributed by atoms with E-state index in [1.165, 1.54) is 0 Å². The van der Waals surface area contributed by atoms with E-state index in [0.717, 1.165) is 33.9 Å². The van der Waals surface area contributed by atoms with Gasteiger partial charge in [-0.3, -0.25) is 0 Å². The molecule has 0 unspecified atom stereocenters. The van der Waals surface area contributed by atoms with E-state index in [1.54, 1.807) is 12.1 Å². The summed E-state index contributed by atoms with van der Waals surface area (Å²) >= 11 is 25.0. The normalized spacial score (nSPS) is 11.9. The topological polar surface area (TPSA) is 37.6 Å². The van der Waals surface area contributed by atoms with Gasteiger partial charge in [0.25, 0.3) is 0 Å². The molecule has 0 saturated heterocycles. The number of pyridine rings is 1. The van der Waals surface area contributed by atoms with Crippen LogP contribution in [0, 0.1) is 13.8 Å². The van der Waals surface area contributed by atoms with Gasteiger partial charge in [-0.25, -0.2) is 15.0 Å². The molecule has 33 heavy (non-hydrogen) atoms. The Labute approximate surface area is 228 Å². The van der Waals surface area contributed by atoms with Gasteiger partial charge < -0.3 is 0 Å². The molecule has 1 aromatic heterocycles. The molecule has 176 valence electrons. The third-order valence-electron chi connectivity index (χ3n) is 4.49. The molecule has 10 heteroatoms. The van der Waals surface area contributed by atoms with E-state index >= 15 is 0 Å². The van der Waals surface area contributed by atoms with Gasteiger partial charge in [0.1, 0.15) is 0 Å². The van der Waals surface area contributed by atoms with E-state index in [2.05, 4.69) is 9.98 Å². The van der Waals surface area contributed by atoms with Gasteiger partial charge in [-0.1, -0.05) is 52.5 Å². The monoisotopic (exact) mass is 603 g/mol. The van der Waals surface area contributed by atoms with Crippen LogP contribution < -0.4 is 0 Å². The molecule has 0 spiro atoms. The van der Waals surface area contributed by atoms with Crippen molar-refractivity contribution in [2.45, 2.75) is 27.7 Å². The molecule has 3 rings (SSSR count). The summed E-state index contributed by atoms with van der Waals surface area (Å²) in [5.41, 5.74) is 6.08. The summed E-state index contributed by atoms with van der Waals surface area (Å²) in [4.78, 5) is 14.1. The number of aliphatic imine (C=N–C) groups is 2. The van der Waals surface area contributed by atoms with E-state index in [4.69, 9.17) is 71.6 Å². The molecule has 0 radical (unpaired) electrons. The number of hydrogen-bond donors (Lipinski definition) is 0. The molecule has 3 nitrogen and oxygen atoms in total. The molecule has 1 heterocycles. The SMILES string of the molecule is CC(=Nc1c(C)cc(Cl)cc1Cl)c1cccc(C(C)=Nc2c(C)cc(Cl)cc2Cl)n1.[Cl][Fe][Cl]. The quantitative estimate of drug-likeness (QED) is 0.215. The van der Waals surface area contributed by atoms with E-state index in [1.807, 2.05) is 58.0 Å². The number of aryl methyl sites for hydroxylation is 2. The molecular formula is C23H19Cl6FeN3. The zero-order chi connectivity index (χ0) is 24.7. The van der Waals surface area contributed by atoms with Crippen LogP contribution in [0.4, 0.5) is 11.4 Å². The predicted octanol–water partition coefficient (Wildman–Crippen LogP) is 9.97. The fourth-order valence-corrected chi connectivity index (χ4v) is 4.24. The first-order chi connectivity index (χ1) is 15.6. The summed E-state index contributed by atoms with van der Waals surface area (Å²) in [6, 6.07) is 12.7. The molecule has 0 bridgehead atoms. The van der Waals surface area contributed by atoms with Gasteiger partial charge in [0.15, 0.2) is 0 Å². The molecule has 0 saturated carbocycles. The molecule has 0 N–H and O–H groups in total. The Morgan fingerprint density at radius 1 is 0.727 bits per heavy atom. The number of halogens is 6. The van der Waals surface area contributed by atoms with Crippen molar-refractivity contribution in [1.82, 2.24) is 4.98 Å². The summed E-state index contributed by atoms with van der Waals surface area (Å²) < 4.78 is 0. The average molecular weight is 606 g/mol. The van der Waals surface area contributed by atoms with E-state index in [-0.39, 0.29) is 13.1 Å². The Morgan fingerprint density at radius 3 is 1.42 bits per heavy atom. The fourth-order valence-electron chi connectivity index (χ4n) is 2.96. The van der Waals surface area contributed by atoms with Crippen LogP contribution in [-0.4, -0.2) is 16.4 Å². The van der Waals surface area contributed by atoms with Crippen LogP contribution in [0.15, 0.2) is 52.4 Å². The van der Waals surface area contributed by atoms with Crippen LogP contribution in [0.2, 0.25) is 20.1 Å². The first kappa shape index (κ1) is 28.4. The van der Waals surface area contributed by atoms with Crippen molar-refractivity contribution in [3.8, 4) is 0 Å². The minimum atomic E-state index is 0.194. The second kappa shape index (κ2) is 13.3. The van der Waals surface area contributed by atoms with Crippen molar-refractivity contribution in [2.75, 3.05) is 0 Å². The first-order valence-electron chi connectivity index (χ1n) is 9.42. The third-order valence-corrected chi connectivity index (χ3v) is 5.50. The van der Waals surface area contributed by atoms with Crippen molar-refractivity contribution < 1.29 is 13.1 Å². The van der Waals surface area contributed by atoms with Crippen LogP contribution >= 0.6 is 66.6 Å². The Morgan fingerprint density at radius 2 is 1.09 bits per heavy atom. The Balaban J connectivity index is 0.00000122. The van der Waals surface area contributed by atoms with Crippen LogP contribution in [0.25, 0.3) is 0 Å². The standard InChI is InChI=1S/C23H19Cl4N3.2ClH.Fe/c1-12-8-16(24)10-18(26)22(12)28-14(3)20-6-5-7-21(30-20)15(4)29-23-13(2)9-17(25)11-19(23)27;;;/h5-11H,1-4H3;2*1H;/q;;;+2/p-2. The Hall–Kier alpha value is -0.811. The summed E-state index contributed by atoms with van der Waals surface area (Å²) in [6.45, 7) is 7.62. The van der Waals surface area contributed by atoms with Gasteiger partial charge in [-0.2, -0.15) is 0 Å². The number of nitrogens with zero attached hydrogens (tertiary/aromatic N) is 3. The van der Waals surface area contributed by atoms with Crippen LogP contribution in [-0.2, 0) is 13.1 Å². The van der Waals surface area contributed by atoms with Crippen LogP contribution in [0.5, 0.6) is 0 Å². The van der Waals surface area contributed by atoms with Crippen molar-refractivity contribution in [3.63, 3.8) is 0 Å². The van der Waals surface area contributed by atoms with Crippen molar-refractivity contribution >= 4 is 89.4 Å². The molecule has 0 fully saturated rings. The molecule has 0 aliphatic carbocycles. The van der Waals surface area contributed by atoms with Crippen molar-refractivity contribution in [2.24, 2.45) is 9.98 Å². The molecule has 0 aliphatic heterocycles. The summed E-state index contributed by atoms with van der Waals surface area (Å²) in [7, 11) is 9.53. The van der Waals surface area contributed by atoms with Crippen LogP contribution in [0.1, 0.15) is 36.4 Å². The summed E-state index contributed by atoms with van der Waals surface area (Å²) in [5.74, 6) is 0. The predicted molar refractivity (Wildman–Crippen MR) is 142 cm³/mol.